The van der Waals surface area contributed by atoms with Crippen molar-refractivity contribution in [1.29, 1.82) is 0 Å². The first-order chi connectivity index (χ1) is 27.3. The molecule has 2 heterocycles. The standard InChI is InChI=1S/C52H39FN2S/c1-52(2,3)36-23-30-40(31-24-36)54(39-28-21-35(22-29-39)42-14-10-18-50-51(42)44-13-6-9-17-49(44)56-50)38-26-19-34(20-27-38)41-11-4-7-15-46(41)55-47-16-8-5-12-43(47)45-33-37(53)25-32-48(45)55/h4-33H,1-3H3. The fraction of sp³-hybridized carbons (Fsp3) is 0.0769. The van der Waals surface area contributed by atoms with E-state index in [1.54, 1.807) is 12.1 Å². The molecule has 0 N–H and O–H groups in total. The maximum absolute atomic E-state index is 14.5. The molecule has 56 heavy (non-hydrogen) atoms. The van der Waals surface area contributed by atoms with Crippen LogP contribution in [0.25, 0.3) is 69.9 Å². The SMILES string of the molecule is CC(C)(C)c1ccc(N(c2ccc(-c3ccccc3-n3c4ccccc4c4cc(F)ccc43)cc2)c2ccc(-c3cccc4sc5ccccc5c34)cc2)cc1. The van der Waals surface area contributed by atoms with Gasteiger partial charge < -0.3 is 9.47 Å². The molecule has 0 radical (unpaired) electrons. The fourth-order valence-corrected chi connectivity index (χ4v) is 9.40. The van der Waals surface area contributed by atoms with Gasteiger partial charge in [0.05, 0.1) is 16.7 Å². The van der Waals surface area contributed by atoms with Crippen LogP contribution in [0.15, 0.2) is 182 Å². The highest BCUT2D eigenvalue weighted by atomic mass is 32.1. The van der Waals surface area contributed by atoms with Crippen molar-refractivity contribution in [3.05, 3.63) is 193 Å². The molecule has 0 atom stereocenters. The molecular weight excluding hydrogens is 704 g/mol. The monoisotopic (exact) mass is 742 g/mol. The minimum atomic E-state index is -0.232. The molecule has 2 aromatic heterocycles. The third kappa shape index (κ3) is 5.77. The van der Waals surface area contributed by atoms with Crippen molar-refractivity contribution in [2.24, 2.45) is 0 Å². The molecule has 8 aromatic carbocycles. The number of hydrogen-bond donors (Lipinski definition) is 0. The van der Waals surface area contributed by atoms with Gasteiger partial charge in [0.25, 0.3) is 0 Å². The van der Waals surface area contributed by atoms with Crippen molar-refractivity contribution in [3.8, 4) is 27.9 Å². The van der Waals surface area contributed by atoms with Crippen LogP contribution in [0.4, 0.5) is 21.5 Å². The summed E-state index contributed by atoms with van der Waals surface area (Å²) in [6.45, 7) is 6.76. The van der Waals surface area contributed by atoms with E-state index in [-0.39, 0.29) is 11.2 Å². The van der Waals surface area contributed by atoms with Crippen LogP contribution >= 0.6 is 11.3 Å². The van der Waals surface area contributed by atoms with Crippen molar-refractivity contribution in [3.63, 3.8) is 0 Å². The summed E-state index contributed by atoms with van der Waals surface area (Å²) in [5, 5.41) is 4.57. The number of para-hydroxylation sites is 2. The molecule has 0 amide bonds. The van der Waals surface area contributed by atoms with Gasteiger partial charge in [-0.3, -0.25) is 0 Å². The summed E-state index contributed by atoms with van der Waals surface area (Å²) in [5.41, 5.74) is 12.4. The molecule has 270 valence electrons. The summed E-state index contributed by atoms with van der Waals surface area (Å²) < 4.78 is 19.4. The molecule has 0 saturated heterocycles. The fourth-order valence-electron chi connectivity index (χ4n) is 8.27. The van der Waals surface area contributed by atoms with Gasteiger partial charge in [0.2, 0.25) is 0 Å². The average Bonchev–Trinajstić information content (AvgIpc) is 3.77. The zero-order valence-corrected chi connectivity index (χ0v) is 32.3. The Hall–Kier alpha value is -6.49. The molecule has 0 bridgehead atoms. The number of halogens is 1. The lowest BCUT2D eigenvalue weighted by Crippen LogP contribution is -2.13. The van der Waals surface area contributed by atoms with Gasteiger partial charge in [0, 0.05) is 53.6 Å². The van der Waals surface area contributed by atoms with Crippen molar-refractivity contribution in [1.82, 2.24) is 4.57 Å². The predicted octanol–water partition coefficient (Wildman–Crippen LogP) is 15.4. The second kappa shape index (κ2) is 13.4. The summed E-state index contributed by atoms with van der Waals surface area (Å²) in [6, 6.07) is 64.0. The first kappa shape index (κ1) is 34.0. The van der Waals surface area contributed by atoms with Crippen molar-refractivity contribution in [2.75, 3.05) is 4.90 Å². The van der Waals surface area contributed by atoms with Gasteiger partial charge in [-0.25, -0.2) is 4.39 Å². The van der Waals surface area contributed by atoms with E-state index in [2.05, 4.69) is 182 Å². The average molecular weight is 743 g/mol. The molecule has 0 saturated carbocycles. The van der Waals surface area contributed by atoms with Crippen LogP contribution in [0.2, 0.25) is 0 Å². The van der Waals surface area contributed by atoms with Gasteiger partial charge in [-0.1, -0.05) is 124 Å². The van der Waals surface area contributed by atoms with E-state index in [0.29, 0.717) is 0 Å². The van der Waals surface area contributed by atoms with Gasteiger partial charge in [-0.2, -0.15) is 0 Å². The molecule has 0 unspecified atom stereocenters. The van der Waals surface area contributed by atoms with E-state index < -0.39 is 0 Å². The highest BCUT2D eigenvalue weighted by molar-refractivity contribution is 7.25. The van der Waals surface area contributed by atoms with Gasteiger partial charge in [-0.15, -0.1) is 11.3 Å². The number of fused-ring (bicyclic) bond motifs is 6. The van der Waals surface area contributed by atoms with E-state index in [1.165, 1.54) is 36.9 Å². The number of hydrogen-bond acceptors (Lipinski definition) is 2. The predicted molar refractivity (Wildman–Crippen MR) is 238 cm³/mol. The smallest absolute Gasteiger partial charge is 0.123 e. The number of anilines is 3. The Morgan fingerprint density at radius 3 is 1.75 bits per heavy atom. The Morgan fingerprint density at radius 2 is 1.04 bits per heavy atom. The van der Waals surface area contributed by atoms with Crippen LogP contribution < -0.4 is 4.90 Å². The van der Waals surface area contributed by atoms with E-state index in [9.17, 15) is 4.39 Å². The molecule has 0 aliphatic carbocycles. The van der Waals surface area contributed by atoms with E-state index in [4.69, 9.17) is 0 Å². The van der Waals surface area contributed by atoms with E-state index >= 15 is 0 Å². The van der Waals surface area contributed by atoms with Crippen LogP contribution in [-0.4, -0.2) is 4.57 Å². The molecular formula is C52H39FN2S. The molecule has 0 fully saturated rings. The second-order valence-electron chi connectivity index (χ2n) is 15.5. The Kier molecular flexibility index (Phi) is 8.12. The first-order valence-corrected chi connectivity index (χ1v) is 19.9. The molecule has 0 spiro atoms. The van der Waals surface area contributed by atoms with Gasteiger partial charge in [0.1, 0.15) is 5.82 Å². The molecule has 4 heteroatoms. The Balaban J connectivity index is 1.07. The molecule has 0 aliphatic heterocycles. The second-order valence-corrected chi connectivity index (χ2v) is 16.6. The summed E-state index contributed by atoms with van der Waals surface area (Å²) in [5.74, 6) is -0.232. The van der Waals surface area contributed by atoms with Crippen LogP contribution in [-0.2, 0) is 5.41 Å². The van der Waals surface area contributed by atoms with Crippen LogP contribution in [0.5, 0.6) is 0 Å². The van der Waals surface area contributed by atoms with Crippen LogP contribution in [0, 0.1) is 5.82 Å². The quantitative estimate of drug-likeness (QED) is 0.165. The topological polar surface area (TPSA) is 8.17 Å². The minimum absolute atomic E-state index is 0.0530. The number of rotatable bonds is 6. The summed E-state index contributed by atoms with van der Waals surface area (Å²) >= 11 is 1.85. The summed E-state index contributed by atoms with van der Waals surface area (Å²) in [6.07, 6.45) is 0. The van der Waals surface area contributed by atoms with Gasteiger partial charge in [0.15, 0.2) is 0 Å². The molecule has 2 nitrogen and oxygen atoms in total. The lowest BCUT2D eigenvalue weighted by Gasteiger charge is -2.27. The highest BCUT2D eigenvalue weighted by Gasteiger charge is 2.19. The maximum Gasteiger partial charge on any atom is 0.123 e. The Morgan fingerprint density at radius 1 is 0.482 bits per heavy atom. The number of aromatic nitrogens is 1. The van der Waals surface area contributed by atoms with Crippen LogP contribution in [0.1, 0.15) is 26.3 Å². The van der Waals surface area contributed by atoms with Gasteiger partial charge >= 0.3 is 0 Å². The maximum atomic E-state index is 14.5. The minimum Gasteiger partial charge on any atom is -0.311 e. The summed E-state index contributed by atoms with van der Waals surface area (Å²) in [4.78, 5) is 2.34. The summed E-state index contributed by atoms with van der Waals surface area (Å²) in [7, 11) is 0. The lowest BCUT2D eigenvalue weighted by atomic mass is 9.87. The third-order valence-corrected chi connectivity index (χ3v) is 12.2. The van der Waals surface area contributed by atoms with Crippen LogP contribution in [0.3, 0.4) is 0 Å². The largest absolute Gasteiger partial charge is 0.311 e. The lowest BCUT2D eigenvalue weighted by molar-refractivity contribution is 0.590. The number of benzene rings is 8. The Bertz CT molecular complexity index is 3050. The van der Waals surface area contributed by atoms with Crippen molar-refractivity contribution >= 4 is 70.4 Å². The normalized spacial score (nSPS) is 11.9. The third-order valence-electron chi connectivity index (χ3n) is 11.0. The zero-order valence-electron chi connectivity index (χ0n) is 31.5. The Labute approximate surface area is 330 Å². The molecule has 10 rings (SSSR count). The van der Waals surface area contributed by atoms with Crippen molar-refractivity contribution in [2.45, 2.75) is 26.2 Å². The van der Waals surface area contributed by atoms with E-state index in [1.807, 2.05) is 29.5 Å². The zero-order chi connectivity index (χ0) is 38.0. The van der Waals surface area contributed by atoms with Crippen molar-refractivity contribution < 1.29 is 4.39 Å². The highest BCUT2D eigenvalue weighted by Crippen LogP contribution is 2.43. The number of thiophene rings is 1. The molecule has 10 aromatic rings. The van der Waals surface area contributed by atoms with Gasteiger partial charge in [-0.05, 0) is 107 Å². The molecule has 0 aliphatic rings. The first-order valence-electron chi connectivity index (χ1n) is 19.1. The van der Waals surface area contributed by atoms with E-state index in [0.717, 1.165) is 55.7 Å². The number of nitrogens with zero attached hydrogens (tertiary/aromatic N) is 2.